The largest absolute Gasteiger partial charge is 0.354 e. The Morgan fingerprint density at radius 1 is 1.21 bits per heavy atom. The number of likely N-dealkylation sites (N-methyl/N-ethyl adjacent to an activating group) is 1. The van der Waals surface area contributed by atoms with Gasteiger partial charge in [0.25, 0.3) is 5.91 Å². The Kier molecular flexibility index (Phi) is 5.70. The van der Waals surface area contributed by atoms with Crippen molar-refractivity contribution in [1.82, 2.24) is 20.2 Å². The molecule has 0 bridgehead atoms. The van der Waals surface area contributed by atoms with Gasteiger partial charge < -0.3 is 15.1 Å². The summed E-state index contributed by atoms with van der Waals surface area (Å²) in [6.45, 7) is 4.07. The Morgan fingerprint density at radius 3 is 2.93 bits per heavy atom. The monoisotopic (exact) mass is 411 g/mol. The minimum atomic E-state index is -0.145. The van der Waals surface area contributed by atoms with Gasteiger partial charge in [0.2, 0.25) is 0 Å². The summed E-state index contributed by atoms with van der Waals surface area (Å²) in [5.41, 5.74) is 2.74. The van der Waals surface area contributed by atoms with Crippen molar-refractivity contribution in [3.05, 3.63) is 47.1 Å². The van der Waals surface area contributed by atoms with E-state index < -0.39 is 0 Å². The summed E-state index contributed by atoms with van der Waals surface area (Å²) in [7, 11) is 2.15. The van der Waals surface area contributed by atoms with Crippen LogP contribution in [0, 0.1) is 0 Å². The topological polar surface area (TPSA) is 61.4 Å². The van der Waals surface area contributed by atoms with Gasteiger partial charge in [-0.2, -0.15) is 0 Å². The lowest BCUT2D eigenvalue weighted by Gasteiger charge is -2.21. The molecule has 0 radical (unpaired) electrons. The van der Waals surface area contributed by atoms with Crippen LogP contribution in [0.1, 0.15) is 12.0 Å². The second-order valence-electron chi connectivity index (χ2n) is 6.88. The summed E-state index contributed by atoms with van der Waals surface area (Å²) in [5.74, 6) is 0.765. The minimum absolute atomic E-state index is 0.145. The van der Waals surface area contributed by atoms with Gasteiger partial charge in [-0.1, -0.05) is 42.2 Å². The van der Waals surface area contributed by atoms with Crippen LogP contribution >= 0.6 is 24.0 Å². The predicted molar refractivity (Wildman–Crippen MR) is 118 cm³/mol. The molecule has 3 heterocycles. The number of benzene rings is 1. The highest BCUT2D eigenvalue weighted by Crippen LogP contribution is 2.27. The molecule has 2 saturated heterocycles. The molecule has 2 aromatic rings. The van der Waals surface area contributed by atoms with Crippen LogP contribution in [0.2, 0.25) is 0 Å². The zero-order valence-corrected chi connectivity index (χ0v) is 17.2. The molecule has 1 amide bonds. The standard InChI is InChI=1S/C20H21N5OS2/c1-24-6-3-7-25(9-8-24)18-13-21-12-16(22-18)15-5-2-4-14(10-15)11-17-19(26)23-20(27)28-17/h2,4-5,10-13H,3,6-9H2,1H3,(H,23,26,27). The normalized spacial score (nSPS) is 19.8. The molecule has 2 aliphatic rings. The van der Waals surface area contributed by atoms with E-state index in [1.54, 1.807) is 6.20 Å². The molecule has 1 aromatic heterocycles. The molecule has 0 unspecified atom stereocenters. The third-order valence-electron chi connectivity index (χ3n) is 4.79. The molecule has 0 aliphatic carbocycles. The number of hydrogen-bond acceptors (Lipinski definition) is 7. The summed E-state index contributed by atoms with van der Waals surface area (Å²) in [6.07, 6.45) is 6.59. The highest BCUT2D eigenvalue weighted by Gasteiger charge is 2.22. The Hall–Kier alpha value is -2.29. The first-order valence-electron chi connectivity index (χ1n) is 9.19. The van der Waals surface area contributed by atoms with Crippen LogP contribution in [0.5, 0.6) is 0 Å². The number of thioether (sulfide) groups is 1. The molecular weight excluding hydrogens is 390 g/mol. The van der Waals surface area contributed by atoms with E-state index in [4.69, 9.17) is 17.2 Å². The van der Waals surface area contributed by atoms with Gasteiger partial charge in [-0.15, -0.1) is 0 Å². The lowest BCUT2D eigenvalue weighted by atomic mass is 10.1. The number of nitrogens with one attached hydrogen (secondary N) is 1. The zero-order valence-electron chi connectivity index (χ0n) is 15.6. The summed E-state index contributed by atoms with van der Waals surface area (Å²) >= 11 is 6.34. The van der Waals surface area contributed by atoms with Crippen LogP contribution in [-0.2, 0) is 4.79 Å². The maximum atomic E-state index is 11.9. The van der Waals surface area contributed by atoms with Crippen LogP contribution in [-0.4, -0.2) is 58.3 Å². The number of anilines is 1. The number of thiocarbonyl (C=S) groups is 1. The van der Waals surface area contributed by atoms with Gasteiger partial charge in [0, 0.05) is 25.2 Å². The Labute approximate surface area is 174 Å². The van der Waals surface area contributed by atoms with Crippen molar-refractivity contribution in [2.24, 2.45) is 0 Å². The van der Waals surface area contributed by atoms with Gasteiger partial charge in [0.15, 0.2) is 0 Å². The van der Waals surface area contributed by atoms with E-state index in [0.29, 0.717) is 9.23 Å². The average Bonchev–Trinajstić information content (AvgIpc) is 2.88. The number of aromatic nitrogens is 2. The SMILES string of the molecule is CN1CCCN(c2cncc(-c3cccc(C=C4SC(=S)NC4=O)c3)n2)CC1. The number of nitrogens with zero attached hydrogens (tertiary/aromatic N) is 4. The lowest BCUT2D eigenvalue weighted by Crippen LogP contribution is -2.29. The molecule has 144 valence electrons. The van der Waals surface area contributed by atoms with Crippen molar-refractivity contribution in [1.29, 1.82) is 0 Å². The number of rotatable bonds is 3. The summed E-state index contributed by atoms with van der Waals surface area (Å²) in [4.78, 5) is 26.4. The van der Waals surface area contributed by atoms with E-state index in [2.05, 4.69) is 27.1 Å². The highest BCUT2D eigenvalue weighted by molar-refractivity contribution is 8.26. The average molecular weight is 412 g/mol. The van der Waals surface area contributed by atoms with E-state index >= 15 is 0 Å². The van der Waals surface area contributed by atoms with Gasteiger partial charge in [0.05, 0.1) is 23.0 Å². The van der Waals surface area contributed by atoms with Crippen molar-refractivity contribution >= 4 is 46.1 Å². The maximum absolute atomic E-state index is 11.9. The minimum Gasteiger partial charge on any atom is -0.354 e. The van der Waals surface area contributed by atoms with Crippen molar-refractivity contribution in [2.45, 2.75) is 6.42 Å². The molecule has 2 fully saturated rings. The fraction of sp³-hybridized carbons (Fsp3) is 0.300. The number of hydrogen-bond donors (Lipinski definition) is 1. The van der Waals surface area contributed by atoms with E-state index in [-0.39, 0.29) is 5.91 Å². The van der Waals surface area contributed by atoms with Crippen LogP contribution in [0.15, 0.2) is 41.6 Å². The molecule has 2 aliphatic heterocycles. The molecule has 6 nitrogen and oxygen atoms in total. The number of carbonyl (C=O) groups excluding carboxylic acids is 1. The zero-order chi connectivity index (χ0) is 19.5. The van der Waals surface area contributed by atoms with Crippen LogP contribution in [0.25, 0.3) is 17.3 Å². The molecule has 1 N–H and O–H groups in total. The first kappa shape index (κ1) is 19.0. The van der Waals surface area contributed by atoms with Gasteiger partial charge >= 0.3 is 0 Å². The van der Waals surface area contributed by atoms with Gasteiger partial charge in [-0.05, 0) is 37.7 Å². The molecule has 4 rings (SSSR count). The molecule has 1 aromatic carbocycles. The molecular formula is C20H21N5OS2. The van der Waals surface area contributed by atoms with Gasteiger partial charge in [-0.25, -0.2) is 4.98 Å². The van der Waals surface area contributed by atoms with Crippen LogP contribution < -0.4 is 10.2 Å². The first-order valence-corrected chi connectivity index (χ1v) is 10.4. The fourth-order valence-electron chi connectivity index (χ4n) is 3.28. The van der Waals surface area contributed by atoms with Crippen molar-refractivity contribution in [3.8, 4) is 11.3 Å². The number of carbonyl (C=O) groups is 1. The second-order valence-corrected chi connectivity index (χ2v) is 8.60. The Balaban J connectivity index is 1.59. The first-order chi connectivity index (χ1) is 13.6. The molecule has 28 heavy (non-hydrogen) atoms. The summed E-state index contributed by atoms with van der Waals surface area (Å²) in [5, 5.41) is 2.64. The van der Waals surface area contributed by atoms with Crippen molar-refractivity contribution in [3.63, 3.8) is 0 Å². The molecule has 0 spiro atoms. The fourth-order valence-corrected chi connectivity index (χ4v) is 4.33. The lowest BCUT2D eigenvalue weighted by molar-refractivity contribution is -0.115. The van der Waals surface area contributed by atoms with E-state index in [0.717, 1.165) is 55.2 Å². The maximum Gasteiger partial charge on any atom is 0.263 e. The third kappa shape index (κ3) is 4.40. The number of amides is 1. The van der Waals surface area contributed by atoms with E-state index in [9.17, 15) is 4.79 Å². The molecule has 8 heteroatoms. The summed E-state index contributed by atoms with van der Waals surface area (Å²) in [6, 6.07) is 7.96. The van der Waals surface area contributed by atoms with E-state index in [1.165, 1.54) is 11.8 Å². The van der Waals surface area contributed by atoms with Crippen molar-refractivity contribution < 1.29 is 4.79 Å². The second kappa shape index (κ2) is 8.38. The van der Waals surface area contributed by atoms with Gasteiger partial charge in [0.1, 0.15) is 10.1 Å². The van der Waals surface area contributed by atoms with E-state index in [1.807, 2.05) is 36.5 Å². The quantitative estimate of drug-likeness (QED) is 0.616. The summed E-state index contributed by atoms with van der Waals surface area (Å²) < 4.78 is 0.495. The Morgan fingerprint density at radius 2 is 2.11 bits per heavy atom. The van der Waals surface area contributed by atoms with Crippen LogP contribution in [0.4, 0.5) is 5.82 Å². The van der Waals surface area contributed by atoms with Crippen LogP contribution in [0.3, 0.4) is 0 Å². The van der Waals surface area contributed by atoms with Gasteiger partial charge in [-0.3, -0.25) is 9.78 Å². The molecule has 0 saturated carbocycles. The third-order valence-corrected chi connectivity index (χ3v) is 5.95. The highest BCUT2D eigenvalue weighted by atomic mass is 32.2. The van der Waals surface area contributed by atoms with Crippen molar-refractivity contribution in [2.75, 3.05) is 38.1 Å². The smallest absolute Gasteiger partial charge is 0.263 e. The predicted octanol–water partition coefficient (Wildman–Crippen LogP) is 2.77. The Bertz CT molecular complexity index is 946. The molecule has 0 atom stereocenters.